The summed E-state index contributed by atoms with van der Waals surface area (Å²) in [7, 11) is 0. The van der Waals surface area contributed by atoms with Crippen molar-refractivity contribution in [2.75, 3.05) is 13.1 Å². The number of carbonyl (C=O) groups is 2. The predicted octanol–water partition coefficient (Wildman–Crippen LogP) is 2.04. The minimum Gasteiger partial charge on any atom is -0.354 e. The lowest BCUT2D eigenvalue weighted by Crippen LogP contribution is -2.43. The minimum absolute atomic E-state index is 0.190. The van der Waals surface area contributed by atoms with Crippen LogP contribution in [-0.4, -0.2) is 29.9 Å². The third kappa shape index (κ3) is 4.38. The summed E-state index contributed by atoms with van der Waals surface area (Å²) in [6, 6.07) is 9.20. The van der Waals surface area contributed by atoms with Crippen molar-refractivity contribution in [2.45, 2.75) is 19.3 Å². The second-order valence-electron chi connectivity index (χ2n) is 5.89. The fourth-order valence-electron chi connectivity index (χ4n) is 2.17. The molecule has 0 radical (unpaired) electrons. The molecule has 0 aliphatic heterocycles. The highest BCUT2D eigenvalue weighted by Gasteiger charge is 2.29. The Morgan fingerprint density at radius 1 is 1.08 bits per heavy atom. The van der Waals surface area contributed by atoms with Crippen LogP contribution in [0.25, 0.3) is 0 Å². The molecule has 5 nitrogen and oxygen atoms in total. The zero-order valence-electron chi connectivity index (χ0n) is 13.7. The van der Waals surface area contributed by atoms with E-state index in [2.05, 4.69) is 15.6 Å². The number of hydrogen-bond donors (Lipinski definition) is 2. The summed E-state index contributed by atoms with van der Waals surface area (Å²) >= 11 is 0. The number of aromatic nitrogens is 1. The third-order valence-electron chi connectivity index (χ3n) is 3.75. The number of benzene rings is 1. The van der Waals surface area contributed by atoms with Gasteiger partial charge in [0.25, 0.3) is 5.91 Å². The molecule has 0 saturated heterocycles. The van der Waals surface area contributed by atoms with Gasteiger partial charge >= 0.3 is 0 Å². The van der Waals surface area contributed by atoms with Gasteiger partial charge in [-0.3, -0.25) is 14.6 Å². The number of carbonyl (C=O) groups excluding carboxylic acids is 2. The summed E-state index contributed by atoms with van der Waals surface area (Å²) in [6.45, 7) is 4.14. The Morgan fingerprint density at radius 3 is 2.38 bits per heavy atom. The summed E-state index contributed by atoms with van der Waals surface area (Å²) in [4.78, 5) is 28.1. The van der Waals surface area contributed by atoms with E-state index in [0.717, 1.165) is 5.56 Å². The van der Waals surface area contributed by atoms with Gasteiger partial charge in [0.1, 0.15) is 5.82 Å². The summed E-state index contributed by atoms with van der Waals surface area (Å²) in [5.74, 6) is -0.770. The van der Waals surface area contributed by atoms with Crippen LogP contribution in [0, 0.1) is 5.82 Å². The molecule has 2 aromatic rings. The molecular weight excluding hydrogens is 309 g/mol. The van der Waals surface area contributed by atoms with Gasteiger partial charge in [-0.1, -0.05) is 12.1 Å². The van der Waals surface area contributed by atoms with Crippen LogP contribution in [0.3, 0.4) is 0 Å². The zero-order valence-corrected chi connectivity index (χ0v) is 13.7. The second-order valence-corrected chi connectivity index (χ2v) is 5.89. The quantitative estimate of drug-likeness (QED) is 0.797. The van der Waals surface area contributed by atoms with E-state index in [0.29, 0.717) is 18.7 Å². The van der Waals surface area contributed by atoms with E-state index >= 15 is 0 Å². The molecule has 0 saturated carbocycles. The molecule has 1 aromatic heterocycles. The molecule has 1 heterocycles. The lowest BCUT2D eigenvalue weighted by molar-refractivity contribution is -0.125. The van der Waals surface area contributed by atoms with Gasteiger partial charge in [-0.05, 0) is 43.7 Å². The number of halogens is 1. The fraction of sp³-hybridized carbons (Fsp3) is 0.278. The smallest absolute Gasteiger partial charge is 0.252 e. The van der Waals surface area contributed by atoms with Gasteiger partial charge in [0.2, 0.25) is 5.91 Å². The molecule has 6 heteroatoms. The topological polar surface area (TPSA) is 71.1 Å². The zero-order chi connectivity index (χ0) is 17.6. The first-order valence-electron chi connectivity index (χ1n) is 7.64. The SMILES string of the molecule is CC(C)(C(=O)NCCNC(=O)c1cccnc1)c1ccc(F)cc1. The van der Waals surface area contributed by atoms with E-state index in [-0.39, 0.29) is 17.6 Å². The normalized spacial score (nSPS) is 11.0. The molecule has 0 aliphatic carbocycles. The predicted molar refractivity (Wildman–Crippen MR) is 89.0 cm³/mol. The van der Waals surface area contributed by atoms with Crippen molar-refractivity contribution in [1.82, 2.24) is 15.6 Å². The van der Waals surface area contributed by atoms with Crippen LogP contribution < -0.4 is 10.6 Å². The maximum Gasteiger partial charge on any atom is 0.252 e. The molecule has 24 heavy (non-hydrogen) atoms. The van der Waals surface area contributed by atoms with Crippen LogP contribution in [0.1, 0.15) is 29.8 Å². The molecule has 2 rings (SSSR count). The molecule has 126 valence electrons. The number of rotatable bonds is 6. The number of hydrogen-bond acceptors (Lipinski definition) is 3. The standard InChI is InChI=1S/C18H20FN3O2/c1-18(2,14-5-7-15(19)8-6-14)17(24)22-11-10-21-16(23)13-4-3-9-20-12-13/h3-9,12H,10-11H2,1-2H3,(H,21,23)(H,22,24). The van der Waals surface area contributed by atoms with Crippen LogP contribution >= 0.6 is 0 Å². The van der Waals surface area contributed by atoms with Crippen molar-refractivity contribution in [3.63, 3.8) is 0 Å². The number of pyridine rings is 1. The maximum absolute atomic E-state index is 13.0. The van der Waals surface area contributed by atoms with Crippen molar-refractivity contribution in [3.05, 3.63) is 65.7 Å². The lowest BCUT2D eigenvalue weighted by Gasteiger charge is -2.24. The van der Waals surface area contributed by atoms with E-state index in [1.54, 1.807) is 44.3 Å². The summed E-state index contributed by atoms with van der Waals surface area (Å²) in [5, 5.41) is 5.49. The van der Waals surface area contributed by atoms with Crippen LogP contribution in [0.5, 0.6) is 0 Å². The Kier molecular flexibility index (Phi) is 5.63. The van der Waals surface area contributed by atoms with E-state index in [9.17, 15) is 14.0 Å². The third-order valence-corrected chi connectivity index (χ3v) is 3.75. The molecular formula is C18H20FN3O2. The van der Waals surface area contributed by atoms with Crippen molar-refractivity contribution < 1.29 is 14.0 Å². The molecule has 1 aromatic carbocycles. The average Bonchev–Trinajstić information content (AvgIpc) is 2.59. The van der Waals surface area contributed by atoms with Crippen molar-refractivity contribution in [3.8, 4) is 0 Å². The maximum atomic E-state index is 13.0. The van der Waals surface area contributed by atoms with Gasteiger partial charge in [-0.25, -0.2) is 4.39 Å². The summed E-state index contributed by atoms with van der Waals surface area (Å²) in [6.07, 6.45) is 3.07. The highest BCUT2D eigenvalue weighted by molar-refractivity contribution is 5.93. The minimum atomic E-state index is -0.791. The Balaban J connectivity index is 1.82. The first-order valence-corrected chi connectivity index (χ1v) is 7.64. The number of amides is 2. The van der Waals surface area contributed by atoms with E-state index < -0.39 is 5.41 Å². The van der Waals surface area contributed by atoms with Crippen LogP contribution in [0.4, 0.5) is 4.39 Å². The molecule has 0 fully saturated rings. The van der Waals surface area contributed by atoms with Gasteiger partial charge in [0.15, 0.2) is 0 Å². The Morgan fingerprint density at radius 2 is 1.75 bits per heavy atom. The first-order chi connectivity index (χ1) is 11.4. The molecule has 0 spiro atoms. The lowest BCUT2D eigenvalue weighted by atomic mass is 9.84. The summed E-state index contributed by atoms with van der Waals surface area (Å²) < 4.78 is 13.0. The largest absolute Gasteiger partial charge is 0.354 e. The molecule has 2 amide bonds. The van der Waals surface area contributed by atoms with Gasteiger partial charge in [0.05, 0.1) is 11.0 Å². The molecule has 0 atom stereocenters. The van der Waals surface area contributed by atoms with E-state index in [1.165, 1.54) is 18.3 Å². The van der Waals surface area contributed by atoms with Gasteiger partial charge in [-0.15, -0.1) is 0 Å². The fourth-order valence-corrected chi connectivity index (χ4v) is 2.17. The highest BCUT2D eigenvalue weighted by atomic mass is 19.1. The number of nitrogens with zero attached hydrogens (tertiary/aromatic N) is 1. The highest BCUT2D eigenvalue weighted by Crippen LogP contribution is 2.23. The van der Waals surface area contributed by atoms with Crippen LogP contribution in [-0.2, 0) is 10.2 Å². The molecule has 0 aliphatic rings. The van der Waals surface area contributed by atoms with Gasteiger partial charge in [0, 0.05) is 25.5 Å². The van der Waals surface area contributed by atoms with Crippen molar-refractivity contribution >= 4 is 11.8 Å². The van der Waals surface area contributed by atoms with Gasteiger partial charge < -0.3 is 10.6 Å². The van der Waals surface area contributed by atoms with E-state index in [1.807, 2.05) is 0 Å². The van der Waals surface area contributed by atoms with Crippen molar-refractivity contribution in [1.29, 1.82) is 0 Å². The Hall–Kier alpha value is -2.76. The van der Waals surface area contributed by atoms with Crippen LogP contribution in [0.2, 0.25) is 0 Å². The van der Waals surface area contributed by atoms with E-state index in [4.69, 9.17) is 0 Å². The second kappa shape index (κ2) is 7.68. The van der Waals surface area contributed by atoms with Crippen molar-refractivity contribution in [2.24, 2.45) is 0 Å². The van der Waals surface area contributed by atoms with Gasteiger partial charge in [-0.2, -0.15) is 0 Å². The Labute approximate surface area is 140 Å². The molecule has 2 N–H and O–H groups in total. The van der Waals surface area contributed by atoms with Crippen LogP contribution in [0.15, 0.2) is 48.8 Å². The Bertz CT molecular complexity index is 700. The average molecular weight is 329 g/mol. The summed E-state index contributed by atoms with van der Waals surface area (Å²) in [5.41, 5.74) is 0.400. The number of nitrogens with one attached hydrogen (secondary N) is 2. The molecule has 0 unspecified atom stereocenters. The first kappa shape index (κ1) is 17.6. The molecule has 0 bridgehead atoms. The monoisotopic (exact) mass is 329 g/mol.